The number of hydrogen-bond donors (Lipinski definition) is 2. The van der Waals surface area contributed by atoms with E-state index in [1.165, 1.54) is 77.8 Å². The van der Waals surface area contributed by atoms with Gasteiger partial charge in [-0.2, -0.15) is 0 Å². The molecule has 0 amide bonds. The highest BCUT2D eigenvalue weighted by atomic mass is 128. The van der Waals surface area contributed by atoms with Crippen LogP contribution in [0.4, 0.5) is 5.69 Å². The van der Waals surface area contributed by atoms with Crippen LogP contribution in [0.3, 0.4) is 0 Å². The smallest absolute Gasteiger partial charge is 0.158 e. The van der Waals surface area contributed by atoms with Crippen LogP contribution in [0.2, 0.25) is 0 Å². The van der Waals surface area contributed by atoms with Gasteiger partial charge in [0.1, 0.15) is 0 Å². The second-order valence-corrected chi connectivity index (χ2v) is 17.4. The van der Waals surface area contributed by atoms with E-state index in [9.17, 15) is 9.59 Å². The number of allylic oxidation sites excluding steroid dienone is 2. The van der Waals surface area contributed by atoms with Crippen LogP contribution in [0.15, 0.2) is 110 Å². The molecule has 6 aromatic rings. The first-order valence-electron chi connectivity index (χ1n) is 19.3. The minimum atomic E-state index is -0.0949. The molecule has 2 N–H and O–H groups in total. The molecule has 0 aliphatic heterocycles. The third kappa shape index (κ3) is 18.7. The summed E-state index contributed by atoms with van der Waals surface area (Å²) in [7, 11) is 0. The largest absolute Gasteiger partial charge is 0.515 e. The zero-order valence-electron chi connectivity index (χ0n) is 37.6. The Kier molecular flexibility index (Phi) is 25.7. The SMILES string of the molecule is CC(=O)/C(C)=C/Nc1ccc(C)cc1Br.CC(=O)/C(C)=C/O.Cc1cc(Br)c2ncc(C)c(C)c2c1.Cc1cc(C)c2ncc(C)c(C)c2c1.Cc1ccc(C)c(Br)c1.II. The average molecular weight is 1240 g/mol. The van der Waals surface area contributed by atoms with Gasteiger partial charge < -0.3 is 10.4 Å². The van der Waals surface area contributed by atoms with Crippen molar-refractivity contribution in [2.45, 2.75) is 96.9 Å². The van der Waals surface area contributed by atoms with Crippen molar-refractivity contribution in [3.05, 3.63) is 166 Å². The maximum Gasteiger partial charge on any atom is 0.158 e. The van der Waals surface area contributed by atoms with Crippen molar-refractivity contribution in [3.63, 3.8) is 0 Å². The first-order chi connectivity index (χ1) is 28.6. The molecule has 11 heteroatoms. The number of nitrogens with zero attached hydrogens (tertiary/aromatic N) is 2. The predicted octanol–water partition coefficient (Wildman–Crippen LogP) is 16.9. The summed E-state index contributed by atoms with van der Waals surface area (Å²) in [6, 6.07) is 21.1. The van der Waals surface area contributed by atoms with Gasteiger partial charge in [-0.3, -0.25) is 19.6 Å². The van der Waals surface area contributed by atoms with Gasteiger partial charge >= 0.3 is 0 Å². The number of carbonyl (C=O) groups excluding carboxylic acids is 2. The Morgan fingerprint density at radius 1 is 0.541 bits per heavy atom. The Labute approximate surface area is 412 Å². The number of aliphatic hydroxyl groups is 1. The topological polar surface area (TPSA) is 92.2 Å². The van der Waals surface area contributed by atoms with E-state index < -0.39 is 0 Å². The first kappa shape index (κ1) is 56.0. The van der Waals surface area contributed by atoms with Crippen LogP contribution in [0.5, 0.6) is 0 Å². The fraction of sp³-hybridized carbons (Fsp3) is 0.280. The second-order valence-electron chi connectivity index (χ2n) is 14.9. The van der Waals surface area contributed by atoms with E-state index in [0.29, 0.717) is 11.1 Å². The number of fused-ring (bicyclic) bond motifs is 2. The molecule has 0 aliphatic carbocycles. The number of ketones is 2. The predicted molar refractivity (Wildman–Crippen MR) is 290 cm³/mol. The number of aryl methyl sites for hydroxylation is 10. The third-order valence-electron chi connectivity index (χ3n) is 9.62. The third-order valence-corrected chi connectivity index (χ3v) is 11.7. The molecule has 0 bridgehead atoms. The molecular weight excluding hydrogens is 1180 g/mol. The highest BCUT2D eigenvalue weighted by Crippen LogP contribution is 2.28. The molecule has 326 valence electrons. The lowest BCUT2D eigenvalue weighted by molar-refractivity contribution is -0.114. The van der Waals surface area contributed by atoms with E-state index in [4.69, 9.17) is 5.11 Å². The summed E-state index contributed by atoms with van der Waals surface area (Å²) in [6.07, 6.45) is 6.41. The number of anilines is 1. The standard InChI is InChI=1S/C13H15N.C12H14BrNO.C12H12BrN.C8H9Br.C5H8O2.I2/c1-8-5-9(2)13-12(6-8)11(4)10(3)7-14-13;1-8-4-5-12(11(13)6-8)14-7-9(2)10(3)15;1-7-4-10-9(3)8(2)6-14-12(10)11(13)5-7;1-6-3-4-7(2)8(9)5-6;1-4(3-6)5(2)7;1-2/h5-7H,1-4H3;4-7,14H,1-3H3;4-6H,1-3H3;3-5H,1-2H3;3,6H,1-2H3;/b;9-7+;;;4-3+;. The molecule has 0 saturated carbocycles. The fourth-order valence-electron chi connectivity index (χ4n) is 5.32. The van der Waals surface area contributed by atoms with E-state index in [1.807, 2.05) is 37.5 Å². The second kappa shape index (κ2) is 27.9. The van der Waals surface area contributed by atoms with Crippen molar-refractivity contribution in [3.8, 4) is 0 Å². The Balaban J connectivity index is 0.000000386. The number of carbonyl (C=O) groups is 2. The molecule has 61 heavy (non-hydrogen) atoms. The minimum absolute atomic E-state index is 0.0748. The number of benzene rings is 4. The van der Waals surface area contributed by atoms with Gasteiger partial charge in [0, 0.05) is 91.2 Å². The van der Waals surface area contributed by atoms with Gasteiger partial charge in [-0.15, -0.1) is 0 Å². The van der Waals surface area contributed by atoms with Crippen LogP contribution < -0.4 is 5.32 Å². The zero-order chi connectivity index (χ0) is 46.7. The van der Waals surface area contributed by atoms with Crippen molar-refractivity contribution in [2.75, 3.05) is 5.32 Å². The lowest BCUT2D eigenvalue weighted by atomic mass is 10.0. The summed E-state index contributed by atoms with van der Waals surface area (Å²) >= 11 is 14.7. The molecule has 0 saturated heterocycles. The number of pyridine rings is 2. The van der Waals surface area contributed by atoms with Crippen LogP contribution >= 0.6 is 85.0 Å². The number of nitrogens with one attached hydrogen (secondary N) is 1. The monoisotopic (exact) mass is 1240 g/mol. The van der Waals surface area contributed by atoms with E-state index in [0.717, 1.165) is 31.9 Å². The van der Waals surface area contributed by atoms with Crippen LogP contribution in [-0.2, 0) is 9.59 Å². The maximum atomic E-state index is 11.0. The van der Waals surface area contributed by atoms with Gasteiger partial charge in [0.05, 0.1) is 23.0 Å². The van der Waals surface area contributed by atoms with E-state index in [2.05, 4.69) is 205 Å². The molecule has 0 unspecified atom stereocenters. The number of Topliss-reactive ketones (excluding diaryl/α,β-unsaturated/α-hetero) is 2. The number of aromatic nitrogens is 2. The fourth-order valence-corrected chi connectivity index (χ4v) is 7.10. The summed E-state index contributed by atoms with van der Waals surface area (Å²) in [6.45, 7) is 27.4. The Hall–Kier alpha value is -2.98. The summed E-state index contributed by atoms with van der Waals surface area (Å²) in [5.41, 5.74) is 17.1. The average Bonchev–Trinajstić information content (AvgIpc) is 3.20. The van der Waals surface area contributed by atoms with Crippen molar-refractivity contribution >= 4 is 124 Å². The summed E-state index contributed by atoms with van der Waals surface area (Å²) in [5.74, 6) is -0.0202. The molecule has 6 rings (SSSR count). The van der Waals surface area contributed by atoms with Crippen molar-refractivity contribution in [1.82, 2.24) is 9.97 Å². The minimum Gasteiger partial charge on any atom is -0.515 e. The van der Waals surface area contributed by atoms with Gasteiger partial charge in [0.2, 0.25) is 0 Å². The van der Waals surface area contributed by atoms with E-state index in [1.54, 1.807) is 27.0 Å². The van der Waals surface area contributed by atoms with Crippen LogP contribution in [0, 0.1) is 69.2 Å². The molecule has 4 aromatic carbocycles. The maximum absolute atomic E-state index is 11.0. The van der Waals surface area contributed by atoms with Crippen LogP contribution in [0.25, 0.3) is 21.8 Å². The zero-order valence-corrected chi connectivity index (χ0v) is 46.7. The van der Waals surface area contributed by atoms with Gasteiger partial charge in [0.25, 0.3) is 0 Å². The highest BCUT2D eigenvalue weighted by Gasteiger charge is 2.06. The van der Waals surface area contributed by atoms with Crippen molar-refractivity contribution in [2.24, 2.45) is 0 Å². The highest BCUT2D eigenvalue weighted by molar-refractivity contribution is 15.0. The molecule has 0 aliphatic rings. The quantitative estimate of drug-likeness (QED) is 0.104. The summed E-state index contributed by atoms with van der Waals surface area (Å²) in [5, 5.41) is 13.8. The normalized spacial score (nSPS) is 10.6. The summed E-state index contributed by atoms with van der Waals surface area (Å²) in [4.78, 5) is 30.0. The van der Waals surface area contributed by atoms with Crippen molar-refractivity contribution < 1.29 is 14.7 Å². The van der Waals surface area contributed by atoms with Gasteiger partial charge in [-0.05, 0) is 215 Å². The van der Waals surface area contributed by atoms with E-state index >= 15 is 0 Å². The molecule has 6 nitrogen and oxygen atoms in total. The number of aliphatic hydroxyl groups excluding tert-OH is 1. The molecule has 0 spiro atoms. The number of hydrogen-bond acceptors (Lipinski definition) is 6. The lowest BCUT2D eigenvalue weighted by Gasteiger charge is -2.08. The molecule has 2 aromatic heterocycles. The van der Waals surface area contributed by atoms with E-state index in [-0.39, 0.29) is 11.6 Å². The number of rotatable bonds is 4. The van der Waals surface area contributed by atoms with Crippen LogP contribution in [-0.4, -0.2) is 26.6 Å². The lowest BCUT2D eigenvalue weighted by Crippen LogP contribution is -1.97. The van der Waals surface area contributed by atoms with Gasteiger partial charge in [0.15, 0.2) is 11.6 Å². The van der Waals surface area contributed by atoms with Crippen LogP contribution in [0.1, 0.15) is 83.3 Å². The molecule has 0 fully saturated rings. The molecule has 0 atom stereocenters. The molecule has 2 heterocycles. The Morgan fingerprint density at radius 2 is 0.984 bits per heavy atom. The van der Waals surface area contributed by atoms with Crippen molar-refractivity contribution in [1.29, 1.82) is 0 Å². The van der Waals surface area contributed by atoms with Gasteiger partial charge in [-0.1, -0.05) is 45.8 Å². The Bertz CT molecular complexity index is 2420. The van der Waals surface area contributed by atoms with Gasteiger partial charge in [-0.25, -0.2) is 0 Å². The first-order valence-corrected chi connectivity index (χ1v) is 28.0. The Morgan fingerprint density at radius 3 is 1.43 bits per heavy atom. The molecular formula is C50H58Br3I2N3O3. The summed E-state index contributed by atoms with van der Waals surface area (Å²) < 4.78 is 3.27. The molecule has 0 radical (unpaired) electrons. The number of halogens is 5.